The fourth-order valence-corrected chi connectivity index (χ4v) is 4.61. The average Bonchev–Trinajstić information content (AvgIpc) is 2.64. The van der Waals surface area contributed by atoms with Crippen molar-refractivity contribution in [2.75, 3.05) is 19.1 Å². The van der Waals surface area contributed by atoms with Gasteiger partial charge in [0.15, 0.2) is 0 Å². The van der Waals surface area contributed by atoms with Crippen LogP contribution in [0.4, 0.5) is 30.7 Å². The van der Waals surface area contributed by atoms with Crippen LogP contribution in [0.3, 0.4) is 0 Å². The van der Waals surface area contributed by atoms with Crippen molar-refractivity contribution in [1.29, 1.82) is 0 Å². The largest absolute Gasteiger partial charge is 0.459 e. The highest BCUT2D eigenvalue weighted by atomic mass is 31.1. The van der Waals surface area contributed by atoms with Gasteiger partial charge in [-0.15, -0.1) is 0 Å². The molecule has 0 aromatic heterocycles. The van der Waals surface area contributed by atoms with Gasteiger partial charge in [-0.1, -0.05) is 77.8 Å². The molecule has 0 fully saturated rings. The van der Waals surface area contributed by atoms with Gasteiger partial charge in [0.25, 0.3) is 0 Å². The van der Waals surface area contributed by atoms with E-state index in [0.717, 1.165) is 15.5 Å². The van der Waals surface area contributed by atoms with Crippen LogP contribution in [0.15, 0.2) is 60.7 Å². The highest BCUT2D eigenvalue weighted by Gasteiger charge is 2.72. The zero-order valence-electron chi connectivity index (χ0n) is 14.5. The summed E-state index contributed by atoms with van der Waals surface area (Å²) in [6.07, 6.45) is -6.38. The molecule has 1 nitrogen and oxygen atoms in total. The zero-order valence-corrected chi connectivity index (χ0v) is 16.5. The van der Waals surface area contributed by atoms with Gasteiger partial charge in [-0.25, -0.2) is 0 Å². The van der Waals surface area contributed by atoms with E-state index in [4.69, 9.17) is 0 Å². The molecule has 2 aromatic rings. The standard InChI is InChI=1S/C18H18F7NP2/c19-16(20,17(21,22)18(23,24)25)11-26(12-27-14-7-3-1-4-8-14)13-28-15-9-5-2-6-10-15/h1-10,27-28H,11-13H2. The maximum atomic E-state index is 13.9. The molecular formula is C18H18F7NP2. The van der Waals surface area contributed by atoms with Crippen molar-refractivity contribution < 1.29 is 30.7 Å². The molecule has 0 aliphatic heterocycles. The predicted octanol–water partition coefficient (Wildman–Crippen LogP) is 5.04. The molecule has 0 amide bonds. The second kappa shape index (κ2) is 9.51. The van der Waals surface area contributed by atoms with E-state index in [1.807, 2.05) is 0 Å². The lowest BCUT2D eigenvalue weighted by Crippen LogP contribution is -2.56. The van der Waals surface area contributed by atoms with Crippen molar-refractivity contribution in [3.05, 3.63) is 60.7 Å². The summed E-state index contributed by atoms with van der Waals surface area (Å²) < 4.78 is 91.7. The Kier molecular flexibility index (Phi) is 7.83. The SMILES string of the molecule is FC(F)(F)C(F)(F)C(F)(F)CN(CPc1ccccc1)CPc1ccccc1. The van der Waals surface area contributed by atoms with Crippen LogP contribution in [0.25, 0.3) is 0 Å². The Morgan fingerprint density at radius 2 is 1.04 bits per heavy atom. The van der Waals surface area contributed by atoms with E-state index in [1.165, 1.54) is 0 Å². The summed E-state index contributed by atoms with van der Waals surface area (Å²) >= 11 is 0. The van der Waals surface area contributed by atoms with Crippen LogP contribution in [0.2, 0.25) is 0 Å². The molecule has 2 aromatic carbocycles. The van der Waals surface area contributed by atoms with Crippen molar-refractivity contribution in [3.8, 4) is 0 Å². The zero-order chi connectivity index (χ0) is 20.8. The van der Waals surface area contributed by atoms with Crippen molar-refractivity contribution in [2.24, 2.45) is 0 Å². The summed E-state index contributed by atoms with van der Waals surface area (Å²) in [4.78, 5) is 0.983. The molecule has 2 atom stereocenters. The highest BCUT2D eigenvalue weighted by Crippen LogP contribution is 2.47. The number of hydrogen-bond donors (Lipinski definition) is 0. The number of rotatable bonds is 9. The summed E-state index contributed by atoms with van der Waals surface area (Å²) in [5.74, 6) is -11.3. The Hall–Kier alpha value is -1.23. The molecule has 0 aliphatic rings. The van der Waals surface area contributed by atoms with Crippen LogP contribution < -0.4 is 10.6 Å². The maximum Gasteiger partial charge on any atom is 0.459 e. The summed E-state index contributed by atoms with van der Waals surface area (Å²) in [7, 11) is -0.0417. The number of alkyl halides is 7. The van der Waals surface area contributed by atoms with Gasteiger partial charge < -0.3 is 0 Å². The molecule has 0 heterocycles. The molecule has 0 radical (unpaired) electrons. The van der Waals surface area contributed by atoms with Crippen molar-refractivity contribution in [3.63, 3.8) is 0 Å². The second-order valence-electron chi connectivity index (χ2n) is 6.01. The van der Waals surface area contributed by atoms with E-state index in [2.05, 4.69) is 0 Å². The van der Waals surface area contributed by atoms with Crippen molar-refractivity contribution >= 4 is 27.8 Å². The van der Waals surface area contributed by atoms with E-state index >= 15 is 0 Å². The smallest absolute Gasteiger partial charge is 0.289 e. The minimum absolute atomic E-state index is 0.0208. The molecule has 0 saturated heterocycles. The first-order chi connectivity index (χ1) is 13.0. The van der Waals surface area contributed by atoms with Crippen LogP contribution >= 0.6 is 17.2 Å². The highest BCUT2D eigenvalue weighted by molar-refractivity contribution is 7.48. The van der Waals surface area contributed by atoms with E-state index in [-0.39, 0.29) is 29.7 Å². The number of benzene rings is 2. The quantitative estimate of drug-likeness (QED) is 0.388. The van der Waals surface area contributed by atoms with Gasteiger partial charge in [-0.2, -0.15) is 30.7 Å². The fourth-order valence-electron chi connectivity index (χ4n) is 2.27. The summed E-state index contributed by atoms with van der Waals surface area (Å²) in [5.41, 5.74) is 0. The lowest BCUT2D eigenvalue weighted by atomic mass is 10.1. The second-order valence-corrected chi connectivity index (χ2v) is 8.50. The van der Waals surface area contributed by atoms with Gasteiger partial charge in [0, 0.05) is 12.6 Å². The van der Waals surface area contributed by atoms with Crippen LogP contribution in [-0.4, -0.2) is 42.0 Å². The number of halogens is 7. The normalized spacial score (nSPS) is 14.0. The number of hydrogen-bond acceptors (Lipinski definition) is 1. The lowest BCUT2D eigenvalue weighted by molar-refractivity contribution is -0.355. The molecule has 154 valence electrons. The first-order valence-corrected chi connectivity index (χ1v) is 10.6. The average molecular weight is 443 g/mol. The van der Waals surface area contributed by atoms with E-state index in [0.29, 0.717) is 0 Å². The summed E-state index contributed by atoms with van der Waals surface area (Å²) in [6.45, 7) is -1.67. The van der Waals surface area contributed by atoms with Gasteiger partial charge in [-0.3, -0.25) is 4.90 Å². The Balaban J connectivity index is 2.11. The third-order valence-electron chi connectivity index (χ3n) is 3.80. The van der Waals surface area contributed by atoms with Gasteiger partial charge in [0.05, 0.1) is 6.54 Å². The predicted molar refractivity (Wildman–Crippen MR) is 101 cm³/mol. The van der Waals surface area contributed by atoms with Crippen molar-refractivity contribution in [2.45, 2.75) is 18.0 Å². The molecule has 10 heteroatoms. The molecule has 28 heavy (non-hydrogen) atoms. The summed E-state index contributed by atoms with van der Waals surface area (Å²) in [6, 6.07) is 17.5. The third kappa shape index (κ3) is 6.13. The first kappa shape index (κ1) is 23.1. The molecule has 0 aliphatic carbocycles. The van der Waals surface area contributed by atoms with E-state index in [9.17, 15) is 30.7 Å². The minimum Gasteiger partial charge on any atom is -0.289 e. The molecular weight excluding hydrogens is 425 g/mol. The van der Waals surface area contributed by atoms with E-state index in [1.54, 1.807) is 60.7 Å². The fraction of sp³-hybridized carbons (Fsp3) is 0.333. The number of nitrogens with zero attached hydrogens (tertiary/aromatic N) is 1. The van der Waals surface area contributed by atoms with Crippen LogP contribution in [-0.2, 0) is 0 Å². The molecule has 0 spiro atoms. The maximum absolute atomic E-state index is 13.9. The Morgan fingerprint density at radius 3 is 1.39 bits per heavy atom. The lowest BCUT2D eigenvalue weighted by Gasteiger charge is -2.33. The van der Waals surface area contributed by atoms with Crippen LogP contribution in [0, 0.1) is 0 Å². The van der Waals surface area contributed by atoms with Gasteiger partial charge in [-0.05, 0) is 10.6 Å². The Bertz CT molecular complexity index is 680. The van der Waals surface area contributed by atoms with E-state index < -0.39 is 24.6 Å². The first-order valence-electron chi connectivity index (χ1n) is 8.15. The van der Waals surface area contributed by atoms with Gasteiger partial charge >= 0.3 is 18.0 Å². The Morgan fingerprint density at radius 1 is 0.643 bits per heavy atom. The molecule has 2 unspecified atom stereocenters. The van der Waals surface area contributed by atoms with Crippen LogP contribution in [0.5, 0.6) is 0 Å². The Labute approximate surface area is 161 Å². The minimum atomic E-state index is -6.31. The van der Waals surface area contributed by atoms with Crippen LogP contribution in [0.1, 0.15) is 0 Å². The molecule has 0 N–H and O–H groups in total. The molecule has 0 saturated carbocycles. The third-order valence-corrected chi connectivity index (χ3v) is 6.49. The summed E-state index contributed by atoms with van der Waals surface area (Å²) in [5, 5.41) is 1.61. The molecule has 0 bridgehead atoms. The molecule has 2 rings (SSSR count). The van der Waals surface area contributed by atoms with Crippen molar-refractivity contribution in [1.82, 2.24) is 4.90 Å². The topological polar surface area (TPSA) is 3.24 Å². The van der Waals surface area contributed by atoms with Gasteiger partial charge in [0.2, 0.25) is 0 Å². The monoisotopic (exact) mass is 443 g/mol. The van der Waals surface area contributed by atoms with Gasteiger partial charge in [0.1, 0.15) is 0 Å².